The quantitative estimate of drug-likeness (QED) is 0.777. The van der Waals surface area contributed by atoms with Crippen LogP contribution in [0, 0.1) is 0 Å². The molecule has 0 radical (unpaired) electrons. The molecule has 0 atom stereocenters. The number of nitrogens with zero attached hydrogens (tertiary/aromatic N) is 6. The number of rotatable bonds is 1. The lowest BCUT2D eigenvalue weighted by molar-refractivity contribution is -0.655. The zero-order valence-electron chi connectivity index (χ0n) is 15.0. The van der Waals surface area contributed by atoms with Crippen molar-refractivity contribution in [1.82, 2.24) is 24.6 Å². The summed E-state index contributed by atoms with van der Waals surface area (Å²) in [5, 5.41) is 11.9. The molecule has 3 heterocycles. The summed E-state index contributed by atoms with van der Waals surface area (Å²) in [6.45, 7) is 4.85. The van der Waals surface area contributed by atoms with Gasteiger partial charge in [-0.25, -0.2) is 4.79 Å². The highest BCUT2D eigenvalue weighted by Crippen LogP contribution is 2.30. The number of nitrogens with two attached hydrogens (primary N) is 1. The number of hydrogen-bond donors (Lipinski definition) is 1. The van der Waals surface area contributed by atoms with Crippen LogP contribution in [0.25, 0.3) is 5.69 Å². The van der Waals surface area contributed by atoms with Crippen molar-refractivity contribution < 1.29 is 10.1 Å². The molecule has 2 aliphatic rings. The van der Waals surface area contributed by atoms with Crippen molar-refractivity contribution in [2.45, 2.75) is 13.1 Å². The molecule has 8 nitrogen and oxygen atoms in total. The van der Waals surface area contributed by atoms with Crippen LogP contribution in [0.3, 0.4) is 0 Å². The Kier molecular flexibility index (Phi) is 4.46. The Morgan fingerprint density at radius 2 is 1.96 bits per heavy atom. The highest BCUT2D eigenvalue weighted by molar-refractivity contribution is 6.30. The van der Waals surface area contributed by atoms with Crippen LogP contribution in [0.5, 0.6) is 0 Å². The summed E-state index contributed by atoms with van der Waals surface area (Å²) in [5.74, 6) is 1.61. The Morgan fingerprint density at radius 3 is 2.69 bits per heavy atom. The van der Waals surface area contributed by atoms with Gasteiger partial charge in [-0.15, -0.1) is 10.2 Å². The average Bonchev–Trinajstić information content (AvgIpc) is 2.97. The molecule has 2 aromatic rings. The van der Waals surface area contributed by atoms with E-state index in [9.17, 15) is 4.79 Å². The molecule has 0 bridgehead atoms. The van der Waals surface area contributed by atoms with Crippen LogP contribution in [0.15, 0.2) is 18.2 Å². The number of fused-ring (bicyclic) bond motifs is 3. The summed E-state index contributed by atoms with van der Waals surface area (Å²) < 4.78 is 2.08. The molecule has 2 aliphatic heterocycles. The molecule has 2 N–H and O–H groups in total. The highest BCUT2D eigenvalue weighted by atomic mass is 35.5. The number of aromatic nitrogens is 3. The van der Waals surface area contributed by atoms with E-state index in [2.05, 4.69) is 25.0 Å². The lowest BCUT2D eigenvalue weighted by Crippen LogP contribution is -2.89. The molecule has 0 saturated carbocycles. The van der Waals surface area contributed by atoms with Crippen molar-refractivity contribution in [3.63, 3.8) is 0 Å². The minimum atomic E-state index is -0.0542. The Labute approximate surface area is 157 Å². The van der Waals surface area contributed by atoms with Crippen LogP contribution < -0.4 is 10.2 Å². The molecule has 9 heteroatoms. The molecule has 138 valence electrons. The summed E-state index contributed by atoms with van der Waals surface area (Å²) >= 11 is 6.24. The Hall–Kier alpha value is -2.32. The summed E-state index contributed by atoms with van der Waals surface area (Å²) in [5.41, 5.74) is 1.99. The Balaban J connectivity index is 1.82. The molecule has 1 fully saturated rings. The second-order valence-corrected chi connectivity index (χ2v) is 7.35. The molecule has 1 saturated heterocycles. The monoisotopic (exact) mass is 376 g/mol. The van der Waals surface area contributed by atoms with Crippen LogP contribution in [0.2, 0.25) is 5.02 Å². The predicted octanol–water partition coefficient (Wildman–Crippen LogP) is 0.301. The number of hydrogen-bond acceptors (Lipinski definition) is 4. The molecular weight excluding hydrogens is 354 g/mol. The number of carbonyl (C=O) groups excluding carboxylic acids is 1. The van der Waals surface area contributed by atoms with Crippen LogP contribution in [0.4, 0.5) is 10.7 Å². The van der Waals surface area contributed by atoms with Crippen LogP contribution in [-0.2, 0) is 13.1 Å². The molecule has 0 aliphatic carbocycles. The minimum absolute atomic E-state index is 0.0542. The smallest absolute Gasteiger partial charge is 0.320 e. The van der Waals surface area contributed by atoms with Gasteiger partial charge in [0.2, 0.25) is 5.95 Å². The molecule has 4 rings (SSSR count). The maximum Gasteiger partial charge on any atom is 0.320 e. The normalized spacial score (nSPS) is 16.7. The van der Waals surface area contributed by atoms with Gasteiger partial charge in [-0.05, 0) is 23.8 Å². The van der Waals surface area contributed by atoms with E-state index in [1.807, 2.05) is 18.2 Å². The van der Waals surface area contributed by atoms with E-state index in [4.69, 9.17) is 11.6 Å². The third kappa shape index (κ3) is 2.99. The number of carbonyl (C=O) groups is 1. The van der Waals surface area contributed by atoms with Crippen LogP contribution in [-0.4, -0.2) is 70.9 Å². The summed E-state index contributed by atoms with van der Waals surface area (Å²) in [6.07, 6.45) is 0. The summed E-state index contributed by atoms with van der Waals surface area (Å²) in [4.78, 5) is 18.2. The number of amides is 2. The topological polar surface area (TPSA) is 74.1 Å². The first kappa shape index (κ1) is 17.1. The molecular formula is C17H23ClN7O+. The zero-order valence-corrected chi connectivity index (χ0v) is 15.8. The third-order valence-electron chi connectivity index (χ3n) is 4.83. The fourth-order valence-corrected chi connectivity index (χ4v) is 3.76. The Morgan fingerprint density at radius 1 is 1.19 bits per heavy atom. The van der Waals surface area contributed by atoms with Gasteiger partial charge >= 0.3 is 6.03 Å². The van der Waals surface area contributed by atoms with Gasteiger partial charge in [-0.3, -0.25) is 4.57 Å². The fraction of sp³-hybridized carbons (Fsp3) is 0.471. The number of quaternary nitrogens is 1. The minimum Gasteiger partial charge on any atom is -0.343 e. The number of benzene rings is 1. The van der Waals surface area contributed by atoms with E-state index < -0.39 is 0 Å². The fourth-order valence-electron chi connectivity index (χ4n) is 3.56. The van der Waals surface area contributed by atoms with Gasteiger partial charge < -0.3 is 20.0 Å². The van der Waals surface area contributed by atoms with E-state index >= 15 is 0 Å². The lowest BCUT2D eigenvalue weighted by atomic mass is 10.1. The number of urea groups is 1. The van der Waals surface area contributed by atoms with Gasteiger partial charge in [-0.2, -0.15) is 0 Å². The SMILES string of the molecule is CN(C)C(=O)N1Cc2cc(Cl)ccc2-n2c(nnc2N2CC[NH2+]CC2)C1. The molecule has 0 spiro atoms. The van der Waals surface area contributed by atoms with Gasteiger partial charge in [-0.1, -0.05) is 11.6 Å². The number of piperazine rings is 1. The maximum absolute atomic E-state index is 12.6. The second-order valence-electron chi connectivity index (χ2n) is 6.91. The molecule has 26 heavy (non-hydrogen) atoms. The standard InChI is InChI=1S/C17H22ClN7O/c1-22(2)17(26)24-10-12-9-13(18)3-4-14(12)25-15(11-24)20-21-16(25)23-7-5-19-6-8-23/h3-4,9,19H,5-8,10-11H2,1-2H3/p+1. The third-order valence-corrected chi connectivity index (χ3v) is 5.07. The van der Waals surface area contributed by atoms with Gasteiger partial charge in [0.05, 0.1) is 45.0 Å². The van der Waals surface area contributed by atoms with E-state index in [0.29, 0.717) is 18.1 Å². The molecule has 0 unspecified atom stereocenters. The lowest BCUT2D eigenvalue weighted by Gasteiger charge is -2.26. The molecule has 2 amide bonds. The van der Waals surface area contributed by atoms with E-state index in [-0.39, 0.29) is 6.03 Å². The van der Waals surface area contributed by atoms with Gasteiger partial charge in [0.25, 0.3) is 0 Å². The van der Waals surface area contributed by atoms with Gasteiger partial charge in [0, 0.05) is 19.1 Å². The van der Waals surface area contributed by atoms with Crippen LogP contribution >= 0.6 is 11.6 Å². The first-order valence-electron chi connectivity index (χ1n) is 8.80. The Bertz CT molecular complexity index is 829. The number of anilines is 1. The van der Waals surface area contributed by atoms with E-state index in [1.165, 1.54) is 0 Å². The van der Waals surface area contributed by atoms with Gasteiger partial charge in [0.15, 0.2) is 5.82 Å². The van der Waals surface area contributed by atoms with E-state index in [0.717, 1.165) is 49.2 Å². The van der Waals surface area contributed by atoms with Crippen molar-refractivity contribution in [2.75, 3.05) is 45.2 Å². The maximum atomic E-state index is 12.6. The highest BCUT2D eigenvalue weighted by Gasteiger charge is 2.29. The zero-order chi connectivity index (χ0) is 18.3. The van der Waals surface area contributed by atoms with Crippen molar-refractivity contribution in [3.8, 4) is 5.69 Å². The van der Waals surface area contributed by atoms with Crippen molar-refractivity contribution in [1.29, 1.82) is 0 Å². The first-order chi connectivity index (χ1) is 12.5. The van der Waals surface area contributed by atoms with Crippen molar-refractivity contribution >= 4 is 23.6 Å². The van der Waals surface area contributed by atoms with Crippen LogP contribution in [0.1, 0.15) is 11.4 Å². The molecule has 1 aromatic carbocycles. The predicted molar refractivity (Wildman–Crippen MR) is 98.6 cm³/mol. The summed E-state index contributed by atoms with van der Waals surface area (Å²) in [6, 6.07) is 5.74. The number of halogens is 1. The second kappa shape index (κ2) is 6.77. The van der Waals surface area contributed by atoms with Crippen molar-refractivity contribution in [3.05, 3.63) is 34.6 Å². The van der Waals surface area contributed by atoms with Gasteiger partial charge in [0.1, 0.15) is 0 Å². The van der Waals surface area contributed by atoms with E-state index in [1.54, 1.807) is 23.9 Å². The summed E-state index contributed by atoms with van der Waals surface area (Å²) in [7, 11) is 3.51. The first-order valence-corrected chi connectivity index (χ1v) is 9.18. The molecule has 1 aromatic heterocycles. The van der Waals surface area contributed by atoms with Crippen molar-refractivity contribution in [2.24, 2.45) is 0 Å². The largest absolute Gasteiger partial charge is 0.343 e. The average molecular weight is 377 g/mol.